The highest BCUT2D eigenvalue weighted by atomic mass is 16.6. The summed E-state index contributed by atoms with van der Waals surface area (Å²) in [6.45, 7) is 8.13. The molecular weight excluding hydrogens is 755 g/mol. The van der Waals surface area contributed by atoms with Crippen LogP contribution in [0.1, 0.15) is 91.9 Å². The second kappa shape index (κ2) is 23.2. The molecule has 12 nitrogen and oxygen atoms in total. The van der Waals surface area contributed by atoms with Gasteiger partial charge in [0.25, 0.3) is 0 Å². The van der Waals surface area contributed by atoms with Crippen LogP contribution >= 0.6 is 0 Å². The van der Waals surface area contributed by atoms with Gasteiger partial charge >= 0.3 is 11.9 Å². The number of unbranched alkanes of at least 4 members (excludes halogenated alkanes) is 1. The summed E-state index contributed by atoms with van der Waals surface area (Å²) in [6.07, 6.45) is 28.6. The maximum absolute atomic E-state index is 13.0. The third kappa shape index (κ3) is 13.8. The molecule has 0 spiro atoms. The van der Waals surface area contributed by atoms with Gasteiger partial charge in [-0.05, 0) is 63.0 Å². The molecule has 0 unspecified atom stereocenters. The predicted octanol–water partition coefficient (Wildman–Crippen LogP) is 7.27. The highest BCUT2D eigenvalue weighted by molar-refractivity contribution is 5.87. The Morgan fingerprint density at radius 1 is 0.831 bits per heavy atom. The monoisotopic (exact) mass is 819 g/mol. The molecule has 0 aromatic heterocycles. The van der Waals surface area contributed by atoms with Crippen LogP contribution in [0.2, 0.25) is 0 Å². The summed E-state index contributed by atoms with van der Waals surface area (Å²) in [6, 6.07) is 0. The van der Waals surface area contributed by atoms with Crippen molar-refractivity contribution >= 4 is 17.7 Å². The molecular formula is C47H65NO11. The topological polar surface area (TPSA) is 174 Å². The Bertz CT molecular complexity index is 1660. The number of carbonyl (C=O) groups is 2. The maximum Gasteiger partial charge on any atom is 0.331 e. The van der Waals surface area contributed by atoms with E-state index < -0.39 is 42.5 Å². The normalized spacial score (nSPS) is 40.6. The van der Waals surface area contributed by atoms with Crippen LogP contribution in [0.5, 0.6) is 0 Å². The minimum absolute atomic E-state index is 0.0382. The van der Waals surface area contributed by atoms with E-state index in [0.717, 1.165) is 24.8 Å². The Labute approximate surface area is 349 Å². The number of allylic oxidation sites excluding steroid dienone is 7. The van der Waals surface area contributed by atoms with Crippen molar-refractivity contribution in [3.63, 3.8) is 0 Å². The predicted molar refractivity (Wildman–Crippen MR) is 225 cm³/mol. The van der Waals surface area contributed by atoms with Crippen molar-refractivity contribution in [3.05, 3.63) is 96.7 Å². The standard InChI is InChI=1S/C47H65NO11/c1-30(17-14-15-23-44(50)51)27-31(2)47-40-26-25-34(55-47)18-10-6-5-7-11-19-36(49)46(53)43-28-35(48-54)32(3)37(57-43)21-16-22-38-33(4)41-29-42(56-38)39(58-41)20-12-8-9-13-24-45(52)59-40/h6,8-13,16,19-20,22,24-27,30,32-34,36-43,46-47,49,53-54H,5,7,14-15,17-18,21,23,28-29H2,1-4H3,(H,50,51)/b9-8-,10-6+,19-11+,20-12+,22-16+,24-13-,31-27+,48-35-/t30-,32-,33+,34+,36+,37-,38+,39-,40-,41-,42-,43-,46+,47+/m1/s1. The lowest BCUT2D eigenvalue weighted by molar-refractivity contribution is -0.148. The fraction of sp³-hybridized carbons (Fsp3) is 0.596. The number of fused-ring (bicyclic) bond motifs is 13. The van der Waals surface area contributed by atoms with E-state index in [1.807, 2.05) is 74.6 Å². The number of carboxylic acids is 1. The summed E-state index contributed by atoms with van der Waals surface area (Å²) in [7, 11) is 0. The summed E-state index contributed by atoms with van der Waals surface area (Å²) in [4.78, 5) is 23.9. The molecule has 0 saturated carbocycles. The number of aliphatic hydroxyl groups excluding tert-OH is 2. The van der Waals surface area contributed by atoms with Crippen molar-refractivity contribution in [3.8, 4) is 0 Å². The molecule has 7 bridgehead atoms. The average Bonchev–Trinajstić information content (AvgIpc) is 3.56. The molecule has 0 aromatic rings. The van der Waals surface area contributed by atoms with Gasteiger partial charge < -0.3 is 44.2 Å². The van der Waals surface area contributed by atoms with Gasteiger partial charge in [-0.2, -0.15) is 0 Å². The smallest absolute Gasteiger partial charge is 0.331 e. The van der Waals surface area contributed by atoms with E-state index in [9.17, 15) is 25.0 Å². The summed E-state index contributed by atoms with van der Waals surface area (Å²) < 4.78 is 31.6. The number of ether oxygens (including phenoxy) is 5. The Balaban J connectivity index is 1.30. The molecule has 324 valence electrons. The average molecular weight is 820 g/mol. The van der Waals surface area contributed by atoms with Gasteiger partial charge in [0.05, 0.1) is 42.3 Å². The van der Waals surface area contributed by atoms with E-state index in [-0.39, 0.29) is 67.2 Å². The summed E-state index contributed by atoms with van der Waals surface area (Å²) in [5.74, 6) is -1.15. The van der Waals surface area contributed by atoms with Gasteiger partial charge in [0, 0.05) is 37.2 Å². The molecule has 6 heterocycles. The van der Waals surface area contributed by atoms with Crippen LogP contribution in [0.4, 0.5) is 0 Å². The minimum Gasteiger partial charge on any atom is -0.481 e. The summed E-state index contributed by atoms with van der Waals surface area (Å²) >= 11 is 0. The van der Waals surface area contributed by atoms with Crippen molar-refractivity contribution in [2.75, 3.05) is 0 Å². The molecule has 12 heteroatoms. The zero-order valence-corrected chi connectivity index (χ0v) is 34.9. The number of carboxylic acid groups (broad SMARTS) is 1. The molecule has 0 aromatic carbocycles. The van der Waals surface area contributed by atoms with E-state index in [1.54, 1.807) is 18.2 Å². The largest absolute Gasteiger partial charge is 0.481 e. The SMILES string of the molecule is C/C(=C\[C@H](C)CCCCC(=O)O)[C@@H]1O[C@@H]2C=C[C@H]1OC(=O)\C=C/C=C\C=C\[C@H]1O[C@@H]3C[C@H]1O[C@@H](/C=C/C[C@H]1O[C@H](C/C(=N/O)[C@H]1C)[C@@H](O)[C@@H](O)/C=C/CC/C=C/C2)[C@@H]3C. The minimum atomic E-state index is -1.21. The molecule has 0 aliphatic carbocycles. The van der Waals surface area contributed by atoms with Crippen molar-refractivity contribution in [2.45, 2.75) is 159 Å². The van der Waals surface area contributed by atoms with Gasteiger partial charge in [-0.15, -0.1) is 0 Å². The third-order valence-corrected chi connectivity index (χ3v) is 11.9. The third-order valence-electron chi connectivity index (χ3n) is 11.9. The number of hydrogen-bond donors (Lipinski definition) is 4. The Kier molecular flexibility index (Phi) is 18.1. The van der Waals surface area contributed by atoms with Gasteiger partial charge in [0.1, 0.15) is 24.4 Å². The van der Waals surface area contributed by atoms with Crippen LogP contribution in [0.15, 0.2) is 102 Å². The zero-order chi connectivity index (χ0) is 42.3. The molecule has 3 saturated heterocycles. The van der Waals surface area contributed by atoms with Gasteiger partial charge in [0.15, 0.2) is 6.10 Å². The first-order valence-corrected chi connectivity index (χ1v) is 21.4. The van der Waals surface area contributed by atoms with Crippen molar-refractivity contribution in [1.29, 1.82) is 0 Å². The highest BCUT2D eigenvalue weighted by Crippen LogP contribution is 2.38. The lowest BCUT2D eigenvalue weighted by atomic mass is 9.86. The molecule has 0 amide bonds. The molecule has 4 N–H and O–H groups in total. The maximum atomic E-state index is 13.0. The van der Waals surface area contributed by atoms with Gasteiger partial charge in [0.2, 0.25) is 0 Å². The molecule has 0 radical (unpaired) electrons. The van der Waals surface area contributed by atoms with Crippen LogP contribution in [-0.2, 0) is 33.3 Å². The molecule has 6 aliphatic heterocycles. The van der Waals surface area contributed by atoms with Crippen LogP contribution in [-0.4, -0.2) is 105 Å². The fourth-order valence-corrected chi connectivity index (χ4v) is 8.38. The number of rotatable bonds is 7. The lowest BCUT2D eigenvalue weighted by Gasteiger charge is -2.38. The Hall–Kier alpha value is -3.91. The lowest BCUT2D eigenvalue weighted by Crippen LogP contribution is -2.48. The van der Waals surface area contributed by atoms with Crippen LogP contribution in [0.3, 0.4) is 0 Å². The first kappa shape index (κ1) is 46.2. The molecule has 59 heavy (non-hydrogen) atoms. The number of esters is 1. The van der Waals surface area contributed by atoms with Crippen LogP contribution in [0, 0.1) is 17.8 Å². The van der Waals surface area contributed by atoms with Gasteiger partial charge in [-0.1, -0.05) is 111 Å². The van der Waals surface area contributed by atoms with E-state index in [0.29, 0.717) is 37.8 Å². The summed E-state index contributed by atoms with van der Waals surface area (Å²) in [5, 5.41) is 44.3. The molecule has 6 rings (SSSR count). The summed E-state index contributed by atoms with van der Waals surface area (Å²) in [5.41, 5.74) is 1.47. The number of aliphatic hydroxyl groups is 2. The second-order valence-electron chi connectivity index (χ2n) is 16.6. The fourth-order valence-electron chi connectivity index (χ4n) is 8.38. The Morgan fingerprint density at radius 2 is 1.61 bits per heavy atom. The quantitative estimate of drug-likeness (QED) is 0.0669. The molecule has 14 atom stereocenters. The number of aliphatic carboxylic acids is 1. The number of carbonyl (C=O) groups excluding carboxylic acids is 1. The van der Waals surface area contributed by atoms with Crippen molar-refractivity contribution < 1.29 is 53.8 Å². The van der Waals surface area contributed by atoms with E-state index in [2.05, 4.69) is 25.1 Å². The number of hydrogen-bond acceptors (Lipinski definition) is 11. The number of nitrogens with zero attached hydrogens (tertiary/aromatic N) is 1. The van der Waals surface area contributed by atoms with Crippen molar-refractivity contribution in [2.24, 2.45) is 22.9 Å². The second-order valence-corrected chi connectivity index (χ2v) is 16.6. The van der Waals surface area contributed by atoms with Gasteiger partial charge in [-0.25, -0.2) is 4.79 Å². The molecule has 3 fully saturated rings. The van der Waals surface area contributed by atoms with E-state index in [1.165, 1.54) is 6.08 Å². The Morgan fingerprint density at radius 3 is 2.41 bits per heavy atom. The highest BCUT2D eigenvalue weighted by Gasteiger charge is 2.45. The number of oxime groups is 1. The van der Waals surface area contributed by atoms with E-state index in [4.69, 9.17) is 28.8 Å². The van der Waals surface area contributed by atoms with E-state index >= 15 is 0 Å². The van der Waals surface area contributed by atoms with Crippen LogP contribution in [0.25, 0.3) is 0 Å². The first-order chi connectivity index (χ1) is 28.4. The first-order valence-electron chi connectivity index (χ1n) is 21.4. The zero-order valence-electron chi connectivity index (χ0n) is 34.9. The molecule has 6 aliphatic rings. The van der Waals surface area contributed by atoms with Crippen LogP contribution < -0.4 is 0 Å². The van der Waals surface area contributed by atoms with Gasteiger partial charge in [-0.3, -0.25) is 4.79 Å². The van der Waals surface area contributed by atoms with Crippen molar-refractivity contribution in [1.82, 2.24) is 0 Å².